The molecule has 0 amide bonds. The van der Waals surface area contributed by atoms with Crippen LogP contribution in [0.3, 0.4) is 0 Å². The first-order valence-corrected chi connectivity index (χ1v) is 6.59. The van der Waals surface area contributed by atoms with E-state index in [0.717, 1.165) is 28.8 Å². The highest BCUT2D eigenvalue weighted by atomic mass is 32.1. The predicted octanol–water partition coefficient (Wildman–Crippen LogP) is 2.49. The van der Waals surface area contributed by atoms with E-state index in [4.69, 9.17) is 0 Å². The van der Waals surface area contributed by atoms with E-state index in [2.05, 4.69) is 41.4 Å². The second-order valence-electron chi connectivity index (χ2n) is 4.16. The van der Waals surface area contributed by atoms with Crippen molar-refractivity contribution in [2.75, 3.05) is 5.32 Å². The first-order chi connectivity index (χ1) is 8.19. The van der Waals surface area contributed by atoms with Gasteiger partial charge in [0.1, 0.15) is 5.01 Å². The molecule has 6 heteroatoms. The quantitative estimate of drug-likeness (QED) is 0.887. The Balaban J connectivity index is 1.92. The van der Waals surface area contributed by atoms with Crippen LogP contribution in [-0.4, -0.2) is 20.0 Å². The van der Waals surface area contributed by atoms with Crippen molar-refractivity contribution in [3.05, 3.63) is 23.0 Å². The number of nitrogens with one attached hydrogen (secondary N) is 1. The molecule has 0 unspecified atom stereocenters. The van der Waals surface area contributed by atoms with E-state index in [1.54, 1.807) is 11.3 Å². The summed E-state index contributed by atoms with van der Waals surface area (Å²) in [4.78, 5) is 0. The Morgan fingerprint density at radius 1 is 1.41 bits per heavy atom. The number of aryl methyl sites for hydroxylation is 1. The first kappa shape index (κ1) is 12.0. The summed E-state index contributed by atoms with van der Waals surface area (Å²) in [6, 6.07) is 0. The van der Waals surface area contributed by atoms with Crippen LogP contribution in [0, 0.1) is 0 Å². The number of rotatable bonds is 5. The maximum absolute atomic E-state index is 4.22. The Hall–Kier alpha value is -1.43. The molecule has 2 heterocycles. The third-order valence-corrected chi connectivity index (χ3v) is 3.57. The highest BCUT2D eigenvalue weighted by Gasteiger charge is 2.07. The molecular weight excluding hydrogens is 234 g/mol. The summed E-state index contributed by atoms with van der Waals surface area (Å²) in [7, 11) is 0. The monoisotopic (exact) mass is 251 g/mol. The fourth-order valence-corrected chi connectivity index (χ4v) is 2.13. The molecule has 0 radical (unpaired) electrons. The van der Waals surface area contributed by atoms with Crippen LogP contribution in [0.25, 0.3) is 0 Å². The maximum Gasteiger partial charge on any atom is 0.205 e. The number of hydrogen-bond donors (Lipinski definition) is 1. The summed E-state index contributed by atoms with van der Waals surface area (Å²) in [5.74, 6) is 0.436. The van der Waals surface area contributed by atoms with Crippen LogP contribution >= 0.6 is 11.3 Å². The highest BCUT2D eigenvalue weighted by molar-refractivity contribution is 7.15. The topological polar surface area (TPSA) is 55.6 Å². The minimum absolute atomic E-state index is 0.436. The molecule has 0 aliphatic carbocycles. The minimum atomic E-state index is 0.436. The minimum Gasteiger partial charge on any atom is -0.356 e. The van der Waals surface area contributed by atoms with E-state index in [9.17, 15) is 0 Å². The Bertz CT molecular complexity index is 474. The van der Waals surface area contributed by atoms with E-state index in [0.29, 0.717) is 5.92 Å². The Morgan fingerprint density at radius 3 is 2.82 bits per heavy atom. The van der Waals surface area contributed by atoms with Gasteiger partial charge in [0.25, 0.3) is 0 Å². The zero-order valence-electron chi connectivity index (χ0n) is 10.3. The van der Waals surface area contributed by atoms with Gasteiger partial charge in [-0.1, -0.05) is 25.2 Å². The lowest BCUT2D eigenvalue weighted by Crippen LogP contribution is -1.98. The second-order valence-corrected chi connectivity index (χ2v) is 5.17. The SMILES string of the molecule is CCn1cc(CNc2nnc(C(C)C)s2)cn1. The first-order valence-electron chi connectivity index (χ1n) is 5.77. The van der Waals surface area contributed by atoms with Crippen LogP contribution < -0.4 is 5.32 Å². The van der Waals surface area contributed by atoms with Gasteiger partial charge in [-0.15, -0.1) is 10.2 Å². The Morgan fingerprint density at radius 2 is 2.24 bits per heavy atom. The third kappa shape index (κ3) is 3.03. The zero-order valence-corrected chi connectivity index (χ0v) is 11.2. The number of hydrogen-bond acceptors (Lipinski definition) is 5. The van der Waals surface area contributed by atoms with Gasteiger partial charge in [-0.2, -0.15) is 5.10 Å². The number of anilines is 1. The van der Waals surface area contributed by atoms with Gasteiger partial charge in [0.05, 0.1) is 6.20 Å². The standard InChI is InChI=1S/C11H17N5S/c1-4-16-7-9(6-13-16)5-12-11-15-14-10(17-11)8(2)3/h6-8H,4-5H2,1-3H3,(H,12,15). The summed E-state index contributed by atoms with van der Waals surface area (Å²) in [6.45, 7) is 7.96. The van der Waals surface area contributed by atoms with Gasteiger partial charge in [-0.25, -0.2) is 0 Å². The molecule has 0 fully saturated rings. The van der Waals surface area contributed by atoms with Gasteiger partial charge in [-0.3, -0.25) is 4.68 Å². The van der Waals surface area contributed by atoms with Crippen molar-refractivity contribution in [2.45, 2.75) is 39.8 Å². The zero-order chi connectivity index (χ0) is 12.3. The molecule has 92 valence electrons. The van der Waals surface area contributed by atoms with Crippen molar-refractivity contribution in [1.29, 1.82) is 0 Å². The Labute approximate surface area is 105 Å². The molecule has 5 nitrogen and oxygen atoms in total. The summed E-state index contributed by atoms with van der Waals surface area (Å²) in [6.07, 6.45) is 3.91. The summed E-state index contributed by atoms with van der Waals surface area (Å²) in [5.41, 5.74) is 1.16. The largest absolute Gasteiger partial charge is 0.356 e. The van der Waals surface area contributed by atoms with Crippen LogP contribution in [0.15, 0.2) is 12.4 Å². The van der Waals surface area contributed by atoms with Crippen molar-refractivity contribution < 1.29 is 0 Å². The fourth-order valence-electron chi connectivity index (χ4n) is 1.39. The Kier molecular flexibility index (Phi) is 3.73. The predicted molar refractivity (Wildman–Crippen MR) is 69.2 cm³/mol. The molecule has 0 aliphatic heterocycles. The smallest absolute Gasteiger partial charge is 0.205 e. The van der Waals surface area contributed by atoms with Crippen molar-refractivity contribution in [3.63, 3.8) is 0 Å². The summed E-state index contributed by atoms with van der Waals surface area (Å²) >= 11 is 1.61. The highest BCUT2D eigenvalue weighted by Crippen LogP contribution is 2.22. The van der Waals surface area contributed by atoms with Crippen LogP contribution in [0.5, 0.6) is 0 Å². The van der Waals surface area contributed by atoms with E-state index in [-0.39, 0.29) is 0 Å². The molecule has 2 rings (SSSR count). The van der Waals surface area contributed by atoms with Gasteiger partial charge in [0.15, 0.2) is 0 Å². The van der Waals surface area contributed by atoms with E-state index >= 15 is 0 Å². The maximum atomic E-state index is 4.22. The lowest BCUT2D eigenvalue weighted by Gasteiger charge is -1.98. The molecule has 17 heavy (non-hydrogen) atoms. The molecule has 2 aromatic rings. The summed E-state index contributed by atoms with van der Waals surface area (Å²) in [5, 5.41) is 17.7. The lowest BCUT2D eigenvalue weighted by atomic mass is 10.2. The molecule has 0 saturated heterocycles. The third-order valence-electron chi connectivity index (χ3n) is 2.39. The number of nitrogens with zero attached hydrogens (tertiary/aromatic N) is 4. The van der Waals surface area contributed by atoms with Crippen LogP contribution in [0.1, 0.15) is 37.3 Å². The van der Waals surface area contributed by atoms with Crippen molar-refractivity contribution in [1.82, 2.24) is 20.0 Å². The van der Waals surface area contributed by atoms with Crippen molar-refractivity contribution >= 4 is 16.5 Å². The molecule has 0 bridgehead atoms. The molecular formula is C11H17N5S. The lowest BCUT2D eigenvalue weighted by molar-refractivity contribution is 0.659. The van der Waals surface area contributed by atoms with Crippen LogP contribution in [0.4, 0.5) is 5.13 Å². The normalized spacial score (nSPS) is 11.1. The second kappa shape index (κ2) is 5.27. The van der Waals surface area contributed by atoms with Gasteiger partial charge < -0.3 is 5.32 Å². The van der Waals surface area contributed by atoms with E-state index < -0.39 is 0 Å². The molecule has 2 aromatic heterocycles. The van der Waals surface area contributed by atoms with Gasteiger partial charge in [0, 0.05) is 30.8 Å². The molecule has 1 N–H and O–H groups in total. The van der Waals surface area contributed by atoms with Crippen LogP contribution in [0.2, 0.25) is 0 Å². The van der Waals surface area contributed by atoms with Crippen LogP contribution in [-0.2, 0) is 13.1 Å². The average Bonchev–Trinajstić information content (AvgIpc) is 2.95. The average molecular weight is 251 g/mol. The molecule has 0 aliphatic rings. The van der Waals surface area contributed by atoms with Gasteiger partial charge in [-0.05, 0) is 6.92 Å². The van der Waals surface area contributed by atoms with E-state index in [1.165, 1.54) is 0 Å². The van der Waals surface area contributed by atoms with Crippen molar-refractivity contribution in [2.24, 2.45) is 0 Å². The fraction of sp³-hybridized carbons (Fsp3) is 0.545. The number of aromatic nitrogens is 4. The van der Waals surface area contributed by atoms with E-state index in [1.807, 2.05) is 17.1 Å². The van der Waals surface area contributed by atoms with Gasteiger partial charge in [0.2, 0.25) is 5.13 Å². The molecule has 0 aromatic carbocycles. The summed E-state index contributed by atoms with van der Waals surface area (Å²) < 4.78 is 1.91. The molecule has 0 saturated carbocycles. The van der Waals surface area contributed by atoms with Gasteiger partial charge >= 0.3 is 0 Å². The molecule has 0 spiro atoms. The van der Waals surface area contributed by atoms with Crippen molar-refractivity contribution in [3.8, 4) is 0 Å². The molecule has 0 atom stereocenters.